The highest BCUT2D eigenvalue weighted by Crippen LogP contribution is 2.33. The standard InChI is InChI=1S/C14H18N2O4/c1-9-4-3-5-12(13(9)16(18)19)15-11-7-6-10(8-11)14(17)20-2/h3-5,10-11,15H,6-8H2,1-2H3/t10-,11+/m0/s1. The summed E-state index contributed by atoms with van der Waals surface area (Å²) in [5, 5.41) is 14.3. The molecule has 0 aromatic heterocycles. The summed E-state index contributed by atoms with van der Waals surface area (Å²) in [6.45, 7) is 1.72. The normalized spacial score (nSPS) is 21.5. The van der Waals surface area contributed by atoms with Crippen molar-refractivity contribution in [2.75, 3.05) is 12.4 Å². The van der Waals surface area contributed by atoms with Crippen LogP contribution in [-0.4, -0.2) is 24.0 Å². The van der Waals surface area contributed by atoms with Crippen LogP contribution in [0.1, 0.15) is 24.8 Å². The monoisotopic (exact) mass is 278 g/mol. The fraction of sp³-hybridized carbons (Fsp3) is 0.500. The number of nitrogens with zero attached hydrogens (tertiary/aromatic N) is 1. The second-order valence-electron chi connectivity index (χ2n) is 5.10. The summed E-state index contributed by atoms with van der Waals surface area (Å²) in [5.74, 6) is -0.311. The molecular formula is C14H18N2O4. The van der Waals surface area contributed by atoms with Gasteiger partial charge in [-0.3, -0.25) is 14.9 Å². The van der Waals surface area contributed by atoms with Crippen molar-refractivity contribution in [2.45, 2.75) is 32.2 Å². The Labute approximate surface area is 117 Å². The number of hydrogen-bond acceptors (Lipinski definition) is 5. The second-order valence-corrected chi connectivity index (χ2v) is 5.10. The Morgan fingerprint density at radius 3 is 2.85 bits per heavy atom. The van der Waals surface area contributed by atoms with Gasteiger partial charge in [0, 0.05) is 11.6 Å². The Balaban J connectivity index is 2.10. The molecule has 1 N–H and O–H groups in total. The number of anilines is 1. The summed E-state index contributed by atoms with van der Waals surface area (Å²) in [6.07, 6.45) is 2.21. The predicted molar refractivity (Wildman–Crippen MR) is 74.6 cm³/mol. The van der Waals surface area contributed by atoms with Crippen molar-refractivity contribution in [1.82, 2.24) is 0 Å². The number of esters is 1. The lowest BCUT2D eigenvalue weighted by Crippen LogP contribution is -2.19. The summed E-state index contributed by atoms with van der Waals surface area (Å²) in [4.78, 5) is 22.2. The lowest BCUT2D eigenvalue weighted by molar-refractivity contribution is -0.384. The Morgan fingerprint density at radius 1 is 1.45 bits per heavy atom. The van der Waals surface area contributed by atoms with Crippen molar-refractivity contribution in [2.24, 2.45) is 5.92 Å². The highest BCUT2D eigenvalue weighted by molar-refractivity contribution is 5.73. The van der Waals surface area contributed by atoms with Crippen LogP contribution >= 0.6 is 0 Å². The molecule has 108 valence electrons. The van der Waals surface area contributed by atoms with Gasteiger partial charge in [-0.25, -0.2) is 0 Å². The zero-order chi connectivity index (χ0) is 14.7. The molecule has 1 aliphatic rings. The van der Waals surface area contributed by atoms with Gasteiger partial charge in [0.15, 0.2) is 0 Å². The van der Waals surface area contributed by atoms with E-state index in [1.165, 1.54) is 7.11 Å². The first-order chi connectivity index (χ1) is 9.52. The van der Waals surface area contributed by atoms with Gasteiger partial charge in [0.05, 0.1) is 18.0 Å². The van der Waals surface area contributed by atoms with E-state index in [0.29, 0.717) is 17.7 Å². The third kappa shape index (κ3) is 2.89. The molecule has 6 heteroatoms. The molecule has 0 heterocycles. The van der Waals surface area contributed by atoms with Crippen LogP contribution in [0.25, 0.3) is 0 Å². The van der Waals surface area contributed by atoms with E-state index < -0.39 is 0 Å². The van der Waals surface area contributed by atoms with Crippen molar-refractivity contribution in [3.05, 3.63) is 33.9 Å². The molecule has 0 bridgehead atoms. The van der Waals surface area contributed by atoms with Crippen LogP contribution in [0.15, 0.2) is 18.2 Å². The lowest BCUT2D eigenvalue weighted by Gasteiger charge is -2.15. The topological polar surface area (TPSA) is 81.5 Å². The fourth-order valence-electron chi connectivity index (χ4n) is 2.73. The van der Waals surface area contributed by atoms with Crippen molar-refractivity contribution >= 4 is 17.3 Å². The Morgan fingerprint density at radius 2 is 2.20 bits per heavy atom. The minimum atomic E-state index is -0.371. The number of nitro benzene ring substituents is 1. The van der Waals surface area contributed by atoms with Crippen LogP contribution in [0, 0.1) is 23.0 Å². The Bertz CT molecular complexity index is 530. The predicted octanol–water partition coefficient (Wildman–Crippen LogP) is 2.66. The van der Waals surface area contributed by atoms with E-state index in [2.05, 4.69) is 5.32 Å². The van der Waals surface area contributed by atoms with Crippen molar-refractivity contribution < 1.29 is 14.5 Å². The molecule has 1 fully saturated rings. The Hall–Kier alpha value is -2.11. The molecule has 0 spiro atoms. The molecule has 0 aliphatic heterocycles. The number of aryl methyl sites for hydroxylation is 1. The number of nitrogens with one attached hydrogen (secondary N) is 1. The smallest absolute Gasteiger partial charge is 0.308 e. The van der Waals surface area contributed by atoms with E-state index in [0.717, 1.165) is 12.8 Å². The van der Waals surface area contributed by atoms with Crippen LogP contribution in [0.4, 0.5) is 11.4 Å². The van der Waals surface area contributed by atoms with Crippen LogP contribution < -0.4 is 5.32 Å². The number of rotatable bonds is 4. The van der Waals surface area contributed by atoms with Gasteiger partial charge in [-0.1, -0.05) is 12.1 Å². The van der Waals surface area contributed by atoms with Crippen LogP contribution in [0.3, 0.4) is 0 Å². The summed E-state index contributed by atoms with van der Waals surface area (Å²) in [7, 11) is 1.38. The van der Waals surface area contributed by atoms with E-state index in [-0.39, 0.29) is 28.5 Å². The van der Waals surface area contributed by atoms with Crippen molar-refractivity contribution in [3.63, 3.8) is 0 Å². The molecule has 0 saturated heterocycles. The number of ether oxygens (including phenoxy) is 1. The zero-order valence-electron chi connectivity index (χ0n) is 11.6. The van der Waals surface area contributed by atoms with E-state index >= 15 is 0 Å². The van der Waals surface area contributed by atoms with E-state index in [1.807, 2.05) is 0 Å². The van der Waals surface area contributed by atoms with Gasteiger partial charge in [-0.05, 0) is 32.3 Å². The first kappa shape index (κ1) is 14.3. The molecule has 2 rings (SSSR count). The number of methoxy groups -OCH3 is 1. The number of nitro groups is 1. The molecule has 0 unspecified atom stereocenters. The first-order valence-electron chi connectivity index (χ1n) is 6.61. The van der Waals surface area contributed by atoms with Crippen molar-refractivity contribution in [3.8, 4) is 0 Å². The summed E-state index contributed by atoms with van der Waals surface area (Å²) in [5.41, 5.74) is 1.25. The molecule has 1 aromatic rings. The maximum Gasteiger partial charge on any atom is 0.308 e. The van der Waals surface area contributed by atoms with Crippen LogP contribution in [0.2, 0.25) is 0 Å². The average Bonchev–Trinajstić information content (AvgIpc) is 2.86. The summed E-state index contributed by atoms with van der Waals surface area (Å²) in [6, 6.07) is 5.28. The number of para-hydroxylation sites is 1. The van der Waals surface area contributed by atoms with E-state index in [9.17, 15) is 14.9 Å². The third-order valence-electron chi connectivity index (χ3n) is 3.75. The van der Waals surface area contributed by atoms with Crippen LogP contribution in [0.5, 0.6) is 0 Å². The van der Waals surface area contributed by atoms with Gasteiger partial charge in [-0.15, -0.1) is 0 Å². The minimum absolute atomic E-state index is 0.0691. The molecule has 20 heavy (non-hydrogen) atoms. The lowest BCUT2D eigenvalue weighted by atomic mass is 10.1. The fourth-order valence-corrected chi connectivity index (χ4v) is 2.73. The van der Waals surface area contributed by atoms with Crippen molar-refractivity contribution in [1.29, 1.82) is 0 Å². The maximum absolute atomic E-state index is 11.5. The number of carbonyl (C=O) groups is 1. The zero-order valence-corrected chi connectivity index (χ0v) is 11.6. The molecule has 0 radical (unpaired) electrons. The first-order valence-corrected chi connectivity index (χ1v) is 6.61. The van der Waals surface area contributed by atoms with E-state index in [1.54, 1.807) is 25.1 Å². The third-order valence-corrected chi connectivity index (χ3v) is 3.75. The molecular weight excluding hydrogens is 260 g/mol. The molecule has 6 nitrogen and oxygen atoms in total. The minimum Gasteiger partial charge on any atom is -0.469 e. The number of benzene rings is 1. The second kappa shape index (κ2) is 5.90. The van der Waals surface area contributed by atoms with Crippen LogP contribution in [-0.2, 0) is 9.53 Å². The number of hydrogen-bond donors (Lipinski definition) is 1. The average molecular weight is 278 g/mol. The molecule has 0 amide bonds. The molecule has 1 aliphatic carbocycles. The maximum atomic E-state index is 11.5. The SMILES string of the molecule is COC(=O)[C@H]1CC[C@@H](Nc2cccc(C)c2[N+](=O)[O-])C1. The molecule has 2 atom stereocenters. The highest BCUT2D eigenvalue weighted by Gasteiger charge is 2.31. The summed E-state index contributed by atoms with van der Waals surface area (Å²) >= 11 is 0. The highest BCUT2D eigenvalue weighted by atomic mass is 16.6. The summed E-state index contributed by atoms with van der Waals surface area (Å²) < 4.78 is 4.74. The van der Waals surface area contributed by atoms with Gasteiger partial charge >= 0.3 is 5.97 Å². The number of carbonyl (C=O) groups excluding carboxylic acids is 1. The Kier molecular flexibility index (Phi) is 4.22. The molecule has 1 aromatic carbocycles. The largest absolute Gasteiger partial charge is 0.469 e. The van der Waals surface area contributed by atoms with Gasteiger partial charge in [0.25, 0.3) is 5.69 Å². The van der Waals surface area contributed by atoms with E-state index in [4.69, 9.17) is 4.74 Å². The van der Waals surface area contributed by atoms with Gasteiger partial charge < -0.3 is 10.1 Å². The van der Waals surface area contributed by atoms with Gasteiger partial charge in [0.2, 0.25) is 0 Å². The quantitative estimate of drug-likeness (QED) is 0.520. The van der Waals surface area contributed by atoms with Gasteiger partial charge in [-0.2, -0.15) is 0 Å². The van der Waals surface area contributed by atoms with Gasteiger partial charge in [0.1, 0.15) is 5.69 Å². The molecule has 1 saturated carbocycles.